The Morgan fingerprint density at radius 3 is 2.47 bits per heavy atom. The summed E-state index contributed by atoms with van der Waals surface area (Å²) in [5, 5.41) is 12.7. The van der Waals surface area contributed by atoms with Crippen LogP contribution < -0.4 is 5.56 Å². The Labute approximate surface area is 110 Å². The van der Waals surface area contributed by atoms with Crippen molar-refractivity contribution in [2.75, 3.05) is 0 Å². The Balaban J connectivity index is 2.61. The molecule has 0 atom stereocenters. The third-order valence-corrected chi connectivity index (χ3v) is 2.87. The van der Waals surface area contributed by atoms with Crippen LogP contribution in [-0.2, 0) is 0 Å². The third kappa shape index (κ3) is 2.36. The van der Waals surface area contributed by atoms with Crippen LogP contribution in [0, 0.1) is 3.57 Å². The standard InChI is InChI=1S/C11H7IN2O3/c12-7-1-3-8(4-2-7)14-10(15)9(11(16)17)5-6-13-14/h1-6H,(H,16,17). The molecule has 0 aliphatic rings. The van der Waals surface area contributed by atoms with E-state index in [1.165, 1.54) is 12.3 Å². The minimum absolute atomic E-state index is 0.293. The minimum atomic E-state index is -1.25. The molecule has 2 aromatic rings. The normalized spacial score (nSPS) is 10.2. The fourth-order valence-corrected chi connectivity index (χ4v) is 1.70. The molecule has 1 aromatic heterocycles. The van der Waals surface area contributed by atoms with Gasteiger partial charge in [0.1, 0.15) is 5.56 Å². The van der Waals surface area contributed by atoms with Gasteiger partial charge in [-0.1, -0.05) is 0 Å². The number of benzene rings is 1. The predicted octanol–water partition coefficient (Wildman–Crippen LogP) is 1.54. The van der Waals surface area contributed by atoms with Crippen molar-refractivity contribution in [2.24, 2.45) is 0 Å². The molecule has 1 N–H and O–H groups in total. The molecule has 1 heterocycles. The summed E-state index contributed by atoms with van der Waals surface area (Å²) in [6.07, 6.45) is 1.29. The topological polar surface area (TPSA) is 72.2 Å². The van der Waals surface area contributed by atoms with Gasteiger partial charge >= 0.3 is 5.97 Å². The third-order valence-electron chi connectivity index (χ3n) is 2.15. The average molecular weight is 342 g/mol. The molecule has 17 heavy (non-hydrogen) atoms. The molecule has 2 rings (SSSR count). The Morgan fingerprint density at radius 1 is 1.24 bits per heavy atom. The summed E-state index contributed by atoms with van der Waals surface area (Å²) in [7, 11) is 0. The smallest absolute Gasteiger partial charge is 0.341 e. The first-order valence-electron chi connectivity index (χ1n) is 4.67. The average Bonchev–Trinajstić information content (AvgIpc) is 2.30. The van der Waals surface area contributed by atoms with Crippen LogP contribution in [0.5, 0.6) is 0 Å². The van der Waals surface area contributed by atoms with Gasteiger partial charge in [0.05, 0.1) is 5.69 Å². The van der Waals surface area contributed by atoms with Crippen LogP contribution in [0.4, 0.5) is 0 Å². The Kier molecular flexibility index (Phi) is 3.23. The molecule has 1 aromatic carbocycles. The zero-order valence-corrected chi connectivity index (χ0v) is 10.7. The molecule has 0 aliphatic carbocycles. The summed E-state index contributed by atoms with van der Waals surface area (Å²) in [5.41, 5.74) is -0.390. The van der Waals surface area contributed by atoms with Crippen molar-refractivity contribution < 1.29 is 9.90 Å². The highest BCUT2D eigenvalue weighted by molar-refractivity contribution is 14.1. The molecule has 0 amide bonds. The van der Waals surface area contributed by atoms with Gasteiger partial charge in [0, 0.05) is 9.77 Å². The van der Waals surface area contributed by atoms with E-state index < -0.39 is 11.5 Å². The maximum absolute atomic E-state index is 11.8. The summed E-state index contributed by atoms with van der Waals surface area (Å²) in [5.74, 6) is -1.25. The quantitative estimate of drug-likeness (QED) is 0.841. The number of aromatic nitrogens is 2. The molecule has 0 bridgehead atoms. The van der Waals surface area contributed by atoms with Crippen LogP contribution in [0.2, 0.25) is 0 Å². The molecule has 5 nitrogen and oxygen atoms in total. The summed E-state index contributed by atoms with van der Waals surface area (Å²) < 4.78 is 2.09. The van der Waals surface area contributed by atoms with E-state index in [-0.39, 0.29) is 5.56 Å². The first kappa shape index (κ1) is 11.8. The largest absolute Gasteiger partial charge is 0.477 e. The number of halogens is 1. The van der Waals surface area contributed by atoms with Gasteiger partial charge in [-0.15, -0.1) is 0 Å². The highest BCUT2D eigenvalue weighted by Gasteiger charge is 2.11. The van der Waals surface area contributed by atoms with Crippen LogP contribution in [0.25, 0.3) is 5.69 Å². The van der Waals surface area contributed by atoms with Crippen molar-refractivity contribution in [1.82, 2.24) is 9.78 Å². The highest BCUT2D eigenvalue weighted by atomic mass is 127. The monoisotopic (exact) mass is 342 g/mol. The molecule has 6 heteroatoms. The molecular weight excluding hydrogens is 335 g/mol. The minimum Gasteiger partial charge on any atom is -0.477 e. The second-order valence-electron chi connectivity index (χ2n) is 3.24. The van der Waals surface area contributed by atoms with Gasteiger partial charge < -0.3 is 5.11 Å². The number of carboxylic acids is 1. The molecule has 0 spiro atoms. The second-order valence-corrected chi connectivity index (χ2v) is 4.49. The maximum Gasteiger partial charge on any atom is 0.341 e. The molecule has 0 aliphatic heterocycles. The van der Waals surface area contributed by atoms with Gasteiger partial charge in [-0.2, -0.15) is 9.78 Å². The highest BCUT2D eigenvalue weighted by Crippen LogP contribution is 2.08. The predicted molar refractivity (Wildman–Crippen MR) is 69.5 cm³/mol. The van der Waals surface area contributed by atoms with E-state index in [1.807, 2.05) is 12.1 Å². The van der Waals surface area contributed by atoms with Crippen molar-refractivity contribution in [3.63, 3.8) is 0 Å². The van der Waals surface area contributed by atoms with Crippen molar-refractivity contribution in [1.29, 1.82) is 0 Å². The van der Waals surface area contributed by atoms with Gasteiger partial charge in [-0.3, -0.25) is 4.79 Å². The van der Waals surface area contributed by atoms with Crippen molar-refractivity contribution in [2.45, 2.75) is 0 Å². The van der Waals surface area contributed by atoms with E-state index in [2.05, 4.69) is 27.7 Å². The lowest BCUT2D eigenvalue weighted by atomic mass is 10.3. The van der Waals surface area contributed by atoms with Gasteiger partial charge in [0.15, 0.2) is 0 Å². The Morgan fingerprint density at radius 2 is 1.88 bits per heavy atom. The van der Waals surface area contributed by atoms with Crippen LogP contribution in [0.15, 0.2) is 41.3 Å². The lowest BCUT2D eigenvalue weighted by molar-refractivity contribution is 0.0694. The fraction of sp³-hybridized carbons (Fsp3) is 0. The van der Waals surface area contributed by atoms with Crippen LogP contribution in [-0.4, -0.2) is 20.9 Å². The van der Waals surface area contributed by atoms with Crippen molar-refractivity contribution in [3.8, 4) is 5.69 Å². The van der Waals surface area contributed by atoms with Gasteiger partial charge in [-0.25, -0.2) is 4.79 Å². The summed E-state index contributed by atoms with van der Waals surface area (Å²) in [6.45, 7) is 0. The molecule has 0 radical (unpaired) electrons. The molecule has 0 saturated carbocycles. The molecular formula is C11H7IN2O3. The summed E-state index contributed by atoms with van der Waals surface area (Å²) >= 11 is 2.14. The van der Waals surface area contributed by atoms with Crippen molar-refractivity contribution >= 4 is 28.6 Å². The number of aromatic carboxylic acids is 1. The number of nitrogens with zero attached hydrogens (tertiary/aromatic N) is 2. The number of rotatable bonds is 2. The van der Waals surface area contributed by atoms with Crippen molar-refractivity contribution in [3.05, 3.63) is 56.0 Å². The maximum atomic E-state index is 11.8. The molecule has 0 saturated heterocycles. The number of hydrogen-bond acceptors (Lipinski definition) is 3. The number of carbonyl (C=O) groups is 1. The Bertz CT molecular complexity index is 619. The zero-order valence-electron chi connectivity index (χ0n) is 8.50. The van der Waals surface area contributed by atoms with Crippen LogP contribution in [0.1, 0.15) is 10.4 Å². The second kappa shape index (κ2) is 4.66. The molecule has 0 unspecified atom stereocenters. The van der Waals surface area contributed by atoms with E-state index in [1.54, 1.807) is 12.1 Å². The van der Waals surface area contributed by atoms with E-state index in [4.69, 9.17) is 5.11 Å². The molecule has 0 fully saturated rings. The first-order valence-corrected chi connectivity index (χ1v) is 5.75. The van der Waals surface area contributed by atoms with Gasteiger partial charge in [0.2, 0.25) is 0 Å². The number of hydrogen-bond donors (Lipinski definition) is 1. The van der Waals surface area contributed by atoms with Crippen LogP contribution >= 0.6 is 22.6 Å². The zero-order chi connectivity index (χ0) is 12.4. The summed E-state index contributed by atoms with van der Waals surface area (Å²) in [6, 6.07) is 8.24. The van der Waals surface area contributed by atoms with E-state index in [0.29, 0.717) is 5.69 Å². The Hall–Kier alpha value is -1.70. The fourth-order valence-electron chi connectivity index (χ4n) is 1.34. The first-order chi connectivity index (χ1) is 8.09. The van der Waals surface area contributed by atoms with E-state index in [0.717, 1.165) is 8.25 Å². The van der Waals surface area contributed by atoms with Gasteiger partial charge in [0.25, 0.3) is 5.56 Å². The van der Waals surface area contributed by atoms with E-state index in [9.17, 15) is 9.59 Å². The SMILES string of the molecule is O=C(O)c1ccnn(-c2ccc(I)cc2)c1=O. The van der Waals surface area contributed by atoms with Crippen LogP contribution in [0.3, 0.4) is 0 Å². The lowest BCUT2D eigenvalue weighted by Crippen LogP contribution is -2.26. The molecule has 86 valence electrons. The van der Waals surface area contributed by atoms with E-state index >= 15 is 0 Å². The van der Waals surface area contributed by atoms with Gasteiger partial charge in [-0.05, 0) is 52.9 Å². The number of carboxylic acid groups (broad SMARTS) is 1. The lowest BCUT2D eigenvalue weighted by Gasteiger charge is -2.04. The summed E-state index contributed by atoms with van der Waals surface area (Å²) in [4.78, 5) is 22.6.